The molecule has 0 aliphatic rings. The van der Waals surface area contributed by atoms with E-state index >= 15 is 0 Å². The van der Waals surface area contributed by atoms with Crippen LogP contribution in [0.4, 0.5) is 0 Å². The quantitative estimate of drug-likeness (QED) is 0.637. The number of benzene rings is 1. The molecule has 0 fully saturated rings. The van der Waals surface area contributed by atoms with E-state index in [-0.39, 0.29) is 0 Å². The van der Waals surface area contributed by atoms with Crippen LogP contribution in [0.15, 0.2) is 18.2 Å². The maximum Gasteiger partial charge on any atom is 0.298 e. The third-order valence-electron chi connectivity index (χ3n) is 2.99. The van der Waals surface area contributed by atoms with Crippen molar-refractivity contribution in [2.75, 3.05) is 0 Å². The van der Waals surface area contributed by atoms with E-state index in [0.29, 0.717) is 6.47 Å². The van der Waals surface area contributed by atoms with Crippen LogP contribution < -0.4 is 4.74 Å². The van der Waals surface area contributed by atoms with Gasteiger partial charge in [-0.2, -0.15) is 0 Å². The minimum absolute atomic E-state index is 0.522. The summed E-state index contributed by atoms with van der Waals surface area (Å²) >= 11 is 0. The van der Waals surface area contributed by atoms with Gasteiger partial charge in [0, 0.05) is 0 Å². The predicted octanol–water partition coefficient (Wildman–Crippen LogP) is 3.91. The van der Waals surface area contributed by atoms with Crippen molar-refractivity contribution in [3.63, 3.8) is 0 Å². The van der Waals surface area contributed by atoms with E-state index in [1.165, 1.54) is 24.0 Å². The zero-order chi connectivity index (χ0) is 12.5. The van der Waals surface area contributed by atoms with Crippen LogP contribution in [0.1, 0.15) is 50.7 Å². The Balaban J connectivity index is 2.91. The van der Waals surface area contributed by atoms with E-state index in [1.54, 1.807) is 0 Å². The largest absolute Gasteiger partial charge is 0.428 e. The topological polar surface area (TPSA) is 26.3 Å². The second-order valence-electron chi connectivity index (χ2n) is 4.32. The molecule has 2 heteroatoms. The number of hydrogen-bond donors (Lipinski definition) is 0. The fourth-order valence-corrected chi connectivity index (χ4v) is 2.01. The monoisotopic (exact) mass is 234 g/mol. The van der Waals surface area contributed by atoms with Crippen molar-refractivity contribution in [1.29, 1.82) is 0 Å². The van der Waals surface area contributed by atoms with Crippen LogP contribution in [-0.2, 0) is 17.6 Å². The Morgan fingerprint density at radius 1 is 1.12 bits per heavy atom. The molecule has 0 heterocycles. The average Bonchev–Trinajstić information content (AvgIpc) is 2.35. The molecular formula is C15H22O2. The third-order valence-corrected chi connectivity index (χ3v) is 2.99. The second-order valence-corrected chi connectivity index (χ2v) is 4.32. The SMILES string of the molecule is CCCCc1cccc(OC=O)c1CCCC. The number of carbonyl (C=O) groups is 1. The van der Waals surface area contributed by atoms with E-state index in [1.807, 2.05) is 12.1 Å². The molecule has 0 aromatic heterocycles. The molecule has 0 N–H and O–H groups in total. The molecule has 0 saturated carbocycles. The van der Waals surface area contributed by atoms with Gasteiger partial charge in [-0.3, -0.25) is 4.79 Å². The van der Waals surface area contributed by atoms with E-state index in [0.717, 1.165) is 31.4 Å². The highest BCUT2D eigenvalue weighted by atomic mass is 16.5. The Hall–Kier alpha value is -1.31. The van der Waals surface area contributed by atoms with Crippen molar-refractivity contribution in [3.05, 3.63) is 29.3 Å². The van der Waals surface area contributed by atoms with Crippen LogP contribution in [0.3, 0.4) is 0 Å². The van der Waals surface area contributed by atoms with Gasteiger partial charge in [0.1, 0.15) is 5.75 Å². The van der Waals surface area contributed by atoms with Crippen LogP contribution in [0.2, 0.25) is 0 Å². The Kier molecular flexibility index (Phi) is 6.38. The first kappa shape index (κ1) is 13.8. The summed E-state index contributed by atoms with van der Waals surface area (Å²) in [4.78, 5) is 10.5. The number of unbranched alkanes of at least 4 members (excludes halogenated alkanes) is 2. The molecule has 0 atom stereocenters. The van der Waals surface area contributed by atoms with Gasteiger partial charge in [-0.05, 0) is 42.9 Å². The summed E-state index contributed by atoms with van der Waals surface area (Å²) < 4.78 is 5.07. The molecule has 0 unspecified atom stereocenters. The molecule has 0 saturated heterocycles. The molecule has 1 rings (SSSR count). The summed E-state index contributed by atoms with van der Waals surface area (Å²) in [6, 6.07) is 6.01. The van der Waals surface area contributed by atoms with Crippen LogP contribution in [-0.4, -0.2) is 6.47 Å². The highest BCUT2D eigenvalue weighted by molar-refractivity contribution is 5.50. The van der Waals surface area contributed by atoms with Crippen molar-refractivity contribution in [3.8, 4) is 5.75 Å². The molecule has 1 aromatic rings. The first-order chi connectivity index (χ1) is 8.33. The second kappa shape index (κ2) is 7.88. The van der Waals surface area contributed by atoms with Crippen molar-refractivity contribution in [1.82, 2.24) is 0 Å². The fraction of sp³-hybridized carbons (Fsp3) is 0.533. The van der Waals surface area contributed by atoms with Crippen LogP contribution >= 0.6 is 0 Å². The summed E-state index contributed by atoms with van der Waals surface area (Å²) in [5, 5.41) is 0. The number of aryl methyl sites for hydroxylation is 1. The molecular weight excluding hydrogens is 212 g/mol. The lowest BCUT2D eigenvalue weighted by atomic mass is 9.97. The lowest BCUT2D eigenvalue weighted by Crippen LogP contribution is -2.00. The smallest absolute Gasteiger partial charge is 0.298 e. The minimum Gasteiger partial charge on any atom is -0.428 e. The number of rotatable bonds is 8. The Bertz CT molecular complexity index is 345. The Labute approximate surface area is 104 Å². The zero-order valence-corrected chi connectivity index (χ0v) is 10.9. The van der Waals surface area contributed by atoms with Gasteiger partial charge in [-0.1, -0.05) is 38.8 Å². The van der Waals surface area contributed by atoms with Gasteiger partial charge in [-0.25, -0.2) is 0 Å². The molecule has 0 spiro atoms. The van der Waals surface area contributed by atoms with Gasteiger partial charge in [-0.15, -0.1) is 0 Å². The van der Waals surface area contributed by atoms with Crippen molar-refractivity contribution in [2.45, 2.75) is 52.4 Å². The molecule has 0 bridgehead atoms. The third kappa shape index (κ3) is 4.22. The average molecular weight is 234 g/mol. The maximum atomic E-state index is 10.5. The van der Waals surface area contributed by atoms with Gasteiger partial charge in [0.05, 0.1) is 0 Å². The normalized spacial score (nSPS) is 10.2. The van der Waals surface area contributed by atoms with E-state index in [9.17, 15) is 4.79 Å². The van der Waals surface area contributed by atoms with Crippen molar-refractivity contribution in [2.24, 2.45) is 0 Å². The molecule has 0 amide bonds. The van der Waals surface area contributed by atoms with Gasteiger partial charge in [0.15, 0.2) is 0 Å². The number of ether oxygens (including phenoxy) is 1. The summed E-state index contributed by atoms with van der Waals surface area (Å²) in [6.45, 7) is 4.89. The van der Waals surface area contributed by atoms with Crippen molar-refractivity contribution >= 4 is 6.47 Å². The van der Waals surface area contributed by atoms with Crippen LogP contribution in [0.25, 0.3) is 0 Å². The molecule has 0 aliphatic heterocycles. The van der Waals surface area contributed by atoms with Crippen LogP contribution in [0.5, 0.6) is 5.75 Å². The molecule has 2 nitrogen and oxygen atoms in total. The molecule has 0 aliphatic carbocycles. The first-order valence-electron chi connectivity index (χ1n) is 6.54. The number of hydrogen-bond acceptors (Lipinski definition) is 2. The summed E-state index contributed by atoms with van der Waals surface area (Å²) in [5.41, 5.74) is 2.55. The molecule has 1 aromatic carbocycles. The molecule has 0 radical (unpaired) electrons. The zero-order valence-electron chi connectivity index (χ0n) is 10.9. The van der Waals surface area contributed by atoms with E-state index in [4.69, 9.17) is 4.74 Å². The predicted molar refractivity (Wildman–Crippen MR) is 70.4 cm³/mol. The van der Waals surface area contributed by atoms with Gasteiger partial charge in [0.2, 0.25) is 0 Å². The summed E-state index contributed by atoms with van der Waals surface area (Å²) in [6.07, 6.45) is 6.74. The molecule has 17 heavy (non-hydrogen) atoms. The molecule has 94 valence electrons. The lowest BCUT2D eigenvalue weighted by molar-refractivity contribution is -0.120. The van der Waals surface area contributed by atoms with Gasteiger partial charge < -0.3 is 4.74 Å². The lowest BCUT2D eigenvalue weighted by Gasteiger charge is -2.12. The summed E-state index contributed by atoms with van der Waals surface area (Å²) in [7, 11) is 0. The first-order valence-corrected chi connectivity index (χ1v) is 6.54. The summed E-state index contributed by atoms with van der Waals surface area (Å²) in [5.74, 6) is 0.738. The van der Waals surface area contributed by atoms with Gasteiger partial charge >= 0.3 is 0 Å². The maximum absolute atomic E-state index is 10.5. The number of carbonyl (C=O) groups excluding carboxylic acids is 1. The standard InChI is InChI=1S/C15H22O2/c1-3-5-8-13-9-7-11-15(17-12-16)14(13)10-6-4-2/h7,9,11-12H,3-6,8,10H2,1-2H3. The Morgan fingerprint density at radius 2 is 1.82 bits per heavy atom. The minimum atomic E-state index is 0.522. The van der Waals surface area contributed by atoms with Gasteiger partial charge in [0.25, 0.3) is 6.47 Å². The Morgan fingerprint density at radius 3 is 2.47 bits per heavy atom. The highest BCUT2D eigenvalue weighted by Crippen LogP contribution is 2.25. The fourth-order valence-electron chi connectivity index (χ4n) is 2.01. The van der Waals surface area contributed by atoms with Crippen LogP contribution in [0, 0.1) is 0 Å². The van der Waals surface area contributed by atoms with Crippen molar-refractivity contribution < 1.29 is 9.53 Å². The highest BCUT2D eigenvalue weighted by Gasteiger charge is 2.08. The van der Waals surface area contributed by atoms with E-state index in [2.05, 4.69) is 19.9 Å². The van der Waals surface area contributed by atoms with E-state index < -0.39 is 0 Å².